The lowest BCUT2D eigenvalue weighted by Crippen LogP contribution is -2.23. The van der Waals surface area contributed by atoms with Gasteiger partial charge in [0.2, 0.25) is 0 Å². The lowest BCUT2D eigenvalue weighted by Gasteiger charge is -2.07. The smallest absolute Gasteiger partial charge is 0.343 e. The molecular formula is C22H19N3O3S. The summed E-state index contributed by atoms with van der Waals surface area (Å²) in [5.41, 5.74) is 4.80. The van der Waals surface area contributed by atoms with E-state index in [-0.39, 0.29) is 0 Å². The van der Waals surface area contributed by atoms with E-state index in [0.29, 0.717) is 22.2 Å². The number of thiocarbonyl (C=S) groups is 1. The first-order chi connectivity index (χ1) is 14.1. The van der Waals surface area contributed by atoms with E-state index in [0.717, 1.165) is 11.3 Å². The van der Waals surface area contributed by atoms with Crippen LogP contribution in [0.15, 0.2) is 84.0 Å². The van der Waals surface area contributed by atoms with Gasteiger partial charge in [0.05, 0.1) is 18.9 Å². The van der Waals surface area contributed by atoms with Crippen LogP contribution in [0.3, 0.4) is 0 Å². The Kier molecular flexibility index (Phi) is 6.91. The summed E-state index contributed by atoms with van der Waals surface area (Å²) in [6, 6.07) is 23.3. The first kappa shape index (κ1) is 20.0. The van der Waals surface area contributed by atoms with Crippen molar-refractivity contribution in [2.45, 2.75) is 0 Å². The molecule has 0 fully saturated rings. The van der Waals surface area contributed by atoms with Crippen molar-refractivity contribution < 1.29 is 14.3 Å². The van der Waals surface area contributed by atoms with Gasteiger partial charge in [0.15, 0.2) is 5.11 Å². The van der Waals surface area contributed by atoms with Gasteiger partial charge in [0.25, 0.3) is 0 Å². The van der Waals surface area contributed by atoms with Gasteiger partial charge in [0, 0.05) is 5.69 Å². The van der Waals surface area contributed by atoms with Crippen molar-refractivity contribution in [3.05, 3.63) is 90.0 Å². The monoisotopic (exact) mass is 405 g/mol. The molecule has 2 N–H and O–H groups in total. The molecule has 0 radical (unpaired) electrons. The molecule has 0 aliphatic heterocycles. The highest BCUT2D eigenvalue weighted by Crippen LogP contribution is 2.16. The van der Waals surface area contributed by atoms with Gasteiger partial charge in [-0.05, 0) is 66.3 Å². The van der Waals surface area contributed by atoms with E-state index in [9.17, 15) is 4.79 Å². The van der Waals surface area contributed by atoms with Gasteiger partial charge in [0.1, 0.15) is 11.5 Å². The summed E-state index contributed by atoms with van der Waals surface area (Å²) < 4.78 is 10.5. The van der Waals surface area contributed by atoms with Crippen molar-refractivity contribution in [3.8, 4) is 11.5 Å². The molecule has 3 aromatic rings. The number of benzene rings is 3. The van der Waals surface area contributed by atoms with Crippen molar-refractivity contribution in [1.82, 2.24) is 5.43 Å². The normalized spacial score (nSPS) is 10.4. The van der Waals surface area contributed by atoms with Crippen LogP contribution < -0.4 is 20.2 Å². The zero-order valence-electron chi connectivity index (χ0n) is 15.7. The van der Waals surface area contributed by atoms with E-state index in [1.54, 1.807) is 55.8 Å². The van der Waals surface area contributed by atoms with E-state index < -0.39 is 5.97 Å². The van der Waals surface area contributed by atoms with Gasteiger partial charge in [-0.2, -0.15) is 5.10 Å². The number of rotatable bonds is 6. The summed E-state index contributed by atoms with van der Waals surface area (Å²) in [6.07, 6.45) is 1.59. The van der Waals surface area contributed by atoms with Crippen molar-refractivity contribution in [2.75, 3.05) is 12.4 Å². The molecule has 0 saturated carbocycles. The number of esters is 1. The third-order valence-electron chi connectivity index (χ3n) is 3.81. The number of methoxy groups -OCH3 is 1. The van der Waals surface area contributed by atoms with Crippen LogP contribution in [-0.4, -0.2) is 24.4 Å². The third-order valence-corrected chi connectivity index (χ3v) is 4.00. The predicted molar refractivity (Wildman–Crippen MR) is 118 cm³/mol. The highest BCUT2D eigenvalue weighted by Gasteiger charge is 2.09. The van der Waals surface area contributed by atoms with Crippen molar-refractivity contribution in [3.63, 3.8) is 0 Å². The van der Waals surface area contributed by atoms with Gasteiger partial charge in [-0.25, -0.2) is 4.79 Å². The number of para-hydroxylation sites is 1. The van der Waals surface area contributed by atoms with Crippen LogP contribution in [0.1, 0.15) is 15.9 Å². The number of nitrogens with zero attached hydrogens (tertiary/aromatic N) is 1. The summed E-state index contributed by atoms with van der Waals surface area (Å²) >= 11 is 5.19. The Balaban J connectivity index is 1.56. The molecule has 6 nitrogen and oxygen atoms in total. The number of carbonyl (C=O) groups is 1. The molecule has 3 aromatic carbocycles. The van der Waals surface area contributed by atoms with Crippen LogP contribution in [-0.2, 0) is 0 Å². The molecule has 7 heteroatoms. The fourth-order valence-electron chi connectivity index (χ4n) is 2.40. The Morgan fingerprint density at radius 3 is 2.45 bits per heavy atom. The standard InChI is InChI=1S/C22H19N3O3S/c1-27-19-12-10-17(11-13-19)21(26)28-20-9-5-6-16(14-20)15-23-25-22(29)24-18-7-3-2-4-8-18/h2-15H,1H3,(H2,24,25,29). The van der Waals surface area contributed by atoms with E-state index in [4.69, 9.17) is 21.7 Å². The van der Waals surface area contributed by atoms with Gasteiger partial charge < -0.3 is 14.8 Å². The van der Waals surface area contributed by atoms with E-state index in [2.05, 4.69) is 15.8 Å². The Morgan fingerprint density at radius 1 is 0.966 bits per heavy atom. The molecule has 0 aromatic heterocycles. The van der Waals surface area contributed by atoms with Crippen LogP contribution in [0.5, 0.6) is 11.5 Å². The third kappa shape index (κ3) is 6.15. The maximum absolute atomic E-state index is 12.3. The molecule has 0 saturated heterocycles. The van der Waals surface area contributed by atoms with E-state index in [1.807, 2.05) is 36.4 Å². The van der Waals surface area contributed by atoms with Crippen molar-refractivity contribution >= 4 is 35.2 Å². The molecular weight excluding hydrogens is 386 g/mol. The predicted octanol–water partition coefficient (Wildman–Crippen LogP) is 4.23. The summed E-state index contributed by atoms with van der Waals surface area (Å²) in [5.74, 6) is 0.639. The lowest BCUT2D eigenvalue weighted by atomic mass is 10.2. The topological polar surface area (TPSA) is 72.0 Å². The molecule has 0 heterocycles. The largest absolute Gasteiger partial charge is 0.497 e. The average Bonchev–Trinajstić information content (AvgIpc) is 2.75. The van der Waals surface area contributed by atoms with Crippen LogP contribution in [0.2, 0.25) is 0 Å². The molecule has 0 aliphatic rings. The van der Waals surface area contributed by atoms with Gasteiger partial charge in [-0.1, -0.05) is 30.3 Å². The van der Waals surface area contributed by atoms with Gasteiger partial charge in [-0.3, -0.25) is 5.43 Å². The van der Waals surface area contributed by atoms with Crippen LogP contribution in [0, 0.1) is 0 Å². The average molecular weight is 405 g/mol. The first-order valence-corrected chi connectivity index (χ1v) is 9.16. The number of anilines is 1. The number of ether oxygens (including phenoxy) is 2. The van der Waals surface area contributed by atoms with Crippen LogP contribution in [0.25, 0.3) is 0 Å². The summed E-state index contributed by atoms with van der Waals surface area (Å²) in [6.45, 7) is 0. The second kappa shape index (κ2) is 10.0. The molecule has 0 spiro atoms. The lowest BCUT2D eigenvalue weighted by molar-refractivity contribution is 0.0734. The Hall–Kier alpha value is -3.71. The number of hydrazone groups is 1. The first-order valence-electron chi connectivity index (χ1n) is 8.75. The number of nitrogens with one attached hydrogen (secondary N) is 2. The second-order valence-corrected chi connectivity index (χ2v) is 6.29. The fourth-order valence-corrected chi connectivity index (χ4v) is 2.57. The molecule has 0 atom stereocenters. The number of carbonyl (C=O) groups excluding carboxylic acids is 1. The highest BCUT2D eigenvalue weighted by molar-refractivity contribution is 7.80. The summed E-state index contributed by atoms with van der Waals surface area (Å²) in [5, 5.41) is 7.49. The fraction of sp³-hybridized carbons (Fsp3) is 0.0455. The summed E-state index contributed by atoms with van der Waals surface area (Å²) in [4.78, 5) is 12.3. The maximum atomic E-state index is 12.3. The number of hydrogen-bond acceptors (Lipinski definition) is 5. The van der Waals surface area contributed by atoms with Crippen molar-refractivity contribution in [1.29, 1.82) is 0 Å². The molecule has 0 amide bonds. The van der Waals surface area contributed by atoms with Crippen LogP contribution >= 0.6 is 12.2 Å². The second-order valence-electron chi connectivity index (χ2n) is 5.88. The van der Waals surface area contributed by atoms with Crippen molar-refractivity contribution in [2.24, 2.45) is 5.10 Å². The number of hydrogen-bond donors (Lipinski definition) is 2. The zero-order chi connectivity index (χ0) is 20.5. The zero-order valence-corrected chi connectivity index (χ0v) is 16.5. The SMILES string of the molecule is COc1ccc(C(=O)Oc2cccc(C=NNC(=S)Nc3ccccc3)c2)cc1. The molecule has 0 aliphatic carbocycles. The van der Waals surface area contributed by atoms with E-state index in [1.165, 1.54) is 0 Å². The van der Waals surface area contributed by atoms with Crippen LogP contribution in [0.4, 0.5) is 5.69 Å². The molecule has 146 valence electrons. The molecule has 29 heavy (non-hydrogen) atoms. The Bertz CT molecular complexity index is 1010. The maximum Gasteiger partial charge on any atom is 0.343 e. The van der Waals surface area contributed by atoms with E-state index >= 15 is 0 Å². The van der Waals surface area contributed by atoms with Gasteiger partial charge in [-0.15, -0.1) is 0 Å². The molecule has 3 rings (SSSR count). The minimum atomic E-state index is -0.451. The quantitative estimate of drug-likeness (QED) is 0.210. The minimum absolute atomic E-state index is 0.370. The molecule has 0 bridgehead atoms. The Morgan fingerprint density at radius 2 is 1.72 bits per heavy atom. The summed E-state index contributed by atoms with van der Waals surface area (Å²) in [7, 11) is 1.57. The highest BCUT2D eigenvalue weighted by atomic mass is 32.1. The molecule has 0 unspecified atom stereocenters. The van der Waals surface area contributed by atoms with Gasteiger partial charge >= 0.3 is 5.97 Å². The minimum Gasteiger partial charge on any atom is -0.497 e. The Labute approximate surface area is 174 Å².